The molecule has 0 unspecified atom stereocenters. The van der Waals surface area contributed by atoms with Crippen LogP contribution >= 0.6 is 0 Å². The van der Waals surface area contributed by atoms with E-state index in [9.17, 15) is 9.59 Å². The Balaban J connectivity index is 1.51. The lowest BCUT2D eigenvalue weighted by Crippen LogP contribution is -2.12. The predicted molar refractivity (Wildman–Crippen MR) is 109 cm³/mol. The van der Waals surface area contributed by atoms with Crippen molar-refractivity contribution in [3.05, 3.63) is 71.5 Å². The molecule has 0 aliphatic rings. The number of benzene rings is 2. The summed E-state index contributed by atoms with van der Waals surface area (Å²) in [7, 11) is 0. The van der Waals surface area contributed by atoms with Crippen molar-refractivity contribution in [2.45, 2.75) is 26.4 Å². The zero-order chi connectivity index (χ0) is 20.6. The molecule has 0 aliphatic heterocycles. The standard InChI is InChI=1S/C21H21N5O3/c1-14-7-9-15(10-8-14)17(27)11-12-19(28)29-13-18-24-20(22)26-21(25-18)23-16-5-3-2-4-6-16/h2-10H,11-13H2,1H3,(H3,22,23,24,25,26). The molecule has 0 amide bonds. The molecule has 29 heavy (non-hydrogen) atoms. The van der Waals surface area contributed by atoms with Crippen molar-refractivity contribution in [3.63, 3.8) is 0 Å². The van der Waals surface area contributed by atoms with Crippen molar-refractivity contribution in [3.8, 4) is 0 Å². The summed E-state index contributed by atoms with van der Waals surface area (Å²) in [6, 6.07) is 16.5. The Kier molecular flexibility index (Phi) is 6.47. The fraction of sp³-hybridized carbons (Fsp3) is 0.190. The van der Waals surface area contributed by atoms with E-state index in [1.54, 1.807) is 12.1 Å². The fourth-order valence-electron chi connectivity index (χ4n) is 2.53. The highest BCUT2D eigenvalue weighted by atomic mass is 16.5. The van der Waals surface area contributed by atoms with Crippen molar-refractivity contribution >= 4 is 29.3 Å². The molecule has 0 atom stereocenters. The minimum absolute atomic E-state index is 0.0130. The number of Topliss-reactive ketones (excluding diaryl/α,β-unsaturated/α-hetero) is 1. The van der Waals surface area contributed by atoms with E-state index in [1.807, 2.05) is 49.4 Å². The number of carbonyl (C=O) groups is 2. The molecule has 148 valence electrons. The first-order chi connectivity index (χ1) is 14.0. The van der Waals surface area contributed by atoms with Crippen molar-refractivity contribution in [2.75, 3.05) is 11.1 Å². The van der Waals surface area contributed by atoms with Gasteiger partial charge in [-0.25, -0.2) is 0 Å². The van der Waals surface area contributed by atoms with Gasteiger partial charge < -0.3 is 15.8 Å². The highest BCUT2D eigenvalue weighted by Crippen LogP contribution is 2.13. The molecule has 8 heteroatoms. The topological polar surface area (TPSA) is 120 Å². The maximum absolute atomic E-state index is 12.1. The summed E-state index contributed by atoms with van der Waals surface area (Å²) in [6.07, 6.45) is 0.0461. The average molecular weight is 391 g/mol. The van der Waals surface area contributed by atoms with Crippen molar-refractivity contribution < 1.29 is 14.3 Å². The summed E-state index contributed by atoms with van der Waals surface area (Å²) in [5, 5.41) is 3.01. The normalized spacial score (nSPS) is 10.4. The Morgan fingerprint density at radius 3 is 2.41 bits per heavy atom. The number of aryl methyl sites for hydroxylation is 1. The van der Waals surface area contributed by atoms with Crippen molar-refractivity contribution in [1.82, 2.24) is 15.0 Å². The first-order valence-electron chi connectivity index (χ1n) is 9.07. The Morgan fingerprint density at radius 2 is 1.69 bits per heavy atom. The number of esters is 1. The van der Waals surface area contributed by atoms with Crippen LogP contribution in [0.2, 0.25) is 0 Å². The first kappa shape index (κ1) is 19.9. The van der Waals surface area contributed by atoms with Gasteiger partial charge in [-0.1, -0.05) is 48.0 Å². The number of ketones is 1. The number of anilines is 3. The van der Waals surface area contributed by atoms with Gasteiger partial charge in [-0.2, -0.15) is 15.0 Å². The summed E-state index contributed by atoms with van der Waals surface area (Å²) in [5.41, 5.74) is 8.14. The van der Waals surface area contributed by atoms with E-state index in [-0.39, 0.29) is 43.0 Å². The molecule has 1 heterocycles. The van der Waals surface area contributed by atoms with Crippen molar-refractivity contribution in [1.29, 1.82) is 0 Å². The van der Waals surface area contributed by atoms with E-state index in [0.29, 0.717) is 5.56 Å². The molecule has 8 nitrogen and oxygen atoms in total. The Hall–Kier alpha value is -3.81. The molecular formula is C21H21N5O3. The Labute approximate surface area is 168 Å². The molecule has 0 aliphatic carbocycles. The first-order valence-corrected chi connectivity index (χ1v) is 9.07. The highest BCUT2D eigenvalue weighted by molar-refractivity contribution is 5.97. The number of nitrogens with two attached hydrogens (primary N) is 1. The molecule has 0 bridgehead atoms. The third-order valence-corrected chi connectivity index (χ3v) is 4.02. The minimum Gasteiger partial charge on any atom is -0.457 e. The van der Waals surface area contributed by atoms with Crippen LogP contribution < -0.4 is 11.1 Å². The van der Waals surface area contributed by atoms with Crippen LogP contribution in [0.15, 0.2) is 54.6 Å². The maximum atomic E-state index is 12.1. The van der Waals surface area contributed by atoms with E-state index in [2.05, 4.69) is 20.3 Å². The molecule has 3 aromatic rings. The van der Waals surface area contributed by atoms with Gasteiger partial charge in [-0.3, -0.25) is 9.59 Å². The number of carbonyl (C=O) groups excluding carboxylic acids is 2. The monoisotopic (exact) mass is 391 g/mol. The maximum Gasteiger partial charge on any atom is 0.306 e. The van der Waals surface area contributed by atoms with Gasteiger partial charge in [0, 0.05) is 17.7 Å². The van der Waals surface area contributed by atoms with Gasteiger partial charge in [0.2, 0.25) is 11.9 Å². The van der Waals surface area contributed by atoms with Crippen LogP contribution in [-0.2, 0) is 16.1 Å². The zero-order valence-corrected chi connectivity index (χ0v) is 16.0. The molecule has 3 N–H and O–H groups in total. The van der Waals surface area contributed by atoms with Crippen LogP contribution in [-0.4, -0.2) is 26.7 Å². The lowest BCUT2D eigenvalue weighted by Gasteiger charge is -2.08. The zero-order valence-electron chi connectivity index (χ0n) is 16.0. The van der Waals surface area contributed by atoms with E-state index in [0.717, 1.165) is 11.3 Å². The minimum atomic E-state index is -0.512. The van der Waals surface area contributed by atoms with Gasteiger partial charge in [-0.05, 0) is 19.1 Å². The molecule has 1 aromatic heterocycles. The van der Waals surface area contributed by atoms with Crippen LogP contribution in [0.3, 0.4) is 0 Å². The van der Waals surface area contributed by atoms with Gasteiger partial charge >= 0.3 is 5.97 Å². The number of hydrogen-bond donors (Lipinski definition) is 2. The molecule has 0 radical (unpaired) electrons. The SMILES string of the molecule is Cc1ccc(C(=O)CCC(=O)OCc2nc(N)nc(Nc3ccccc3)n2)cc1. The van der Waals surface area contributed by atoms with E-state index in [1.165, 1.54) is 0 Å². The van der Waals surface area contributed by atoms with Crippen LogP contribution in [0.25, 0.3) is 0 Å². The lowest BCUT2D eigenvalue weighted by molar-refractivity contribution is -0.145. The number of rotatable bonds is 8. The second kappa shape index (κ2) is 9.41. The Bertz CT molecular complexity index is 991. The number of para-hydroxylation sites is 1. The second-order valence-electron chi connectivity index (χ2n) is 6.37. The summed E-state index contributed by atoms with van der Waals surface area (Å²) < 4.78 is 5.17. The number of nitrogen functional groups attached to an aromatic ring is 1. The van der Waals surface area contributed by atoms with Gasteiger partial charge in [0.15, 0.2) is 18.2 Å². The molecular weight excluding hydrogens is 370 g/mol. The molecule has 3 rings (SSSR count). The van der Waals surface area contributed by atoms with Gasteiger partial charge in [0.05, 0.1) is 6.42 Å². The van der Waals surface area contributed by atoms with E-state index in [4.69, 9.17) is 10.5 Å². The van der Waals surface area contributed by atoms with Crippen LogP contribution in [0.1, 0.15) is 34.6 Å². The molecule has 0 saturated carbocycles. The predicted octanol–water partition coefficient (Wildman–Crippen LogP) is 3.21. The summed E-state index contributed by atoms with van der Waals surface area (Å²) >= 11 is 0. The van der Waals surface area contributed by atoms with Crippen molar-refractivity contribution in [2.24, 2.45) is 0 Å². The summed E-state index contributed by atoms with van der Waals surface area (Å²) in [6.45, 7) is 1.79. The smallest absolute Gasteiger partial charge is 0.306 e. The number of ether oxygens (including phenoxy) is 1. The average Bonchev–Trinajstić information content (AvgIpc) is 2.71. The second-order valence-corrected chi connectivity index (χ2v) is 6.37. The molecule has 0 spiro atoms. The summed E-state index contributed by atoms with van der Waals surface area (Å²) in [4.78, 5) is 36.3. The summed E-state index contributed by atoms with van der Waals surface area (Å²) in [5.74, 6) is -0.139. The fourth-order valence-corrected chi connectivity index (χ4v) is 2.53. The highest BCUT2D eigenvalue weighted by Gasteiger charge is 2.12. The third kappa shape index (κ3) is 6.10. The number of nitrogens with one attached hydrogen (secondary N) is 1. The quantitative estimate of drug-likeness (QED) is 0.444. The number of hydrogen-bond acceptors (Lipinski definition) is 8. The largest absolute Gasteiger partial charge is 0.457 e. The Morgan fingerprint density at radius 1 is 0.966 bits per heavy atom. The molecule has 0 saturated heterocycles. The van der Waals surface area contributed by atoms with E-state index >= 15 is 0 Å². The lowest BCUT2D eigenvalue weighted by atomic mass is 10.1. The van der Waals surface area contributed by atoms with Gasteiger partial charge in [0.1, 0.15) is 0 Å². The number of aromatic nitrogens is 3. The van der Waals surface area contributed by atoms with Crippen LogP contribution in [0.5, 0.6) is 0 Å². The van der Waals surface area contributed by atoms with Crippen LogP contribution in [0.4, 0.5) is 17.6 Å². The van der Waals surface area contributed by atoms with Gasteiger partial charge in [-0.15, -0.1) is 0 Å². The molecule has 0 fully saturated rings. The van der Waals surface area contributed by atoms with Crippen LogP contribution in [0, 0.1) is 6.92 Å². The number of nitrogens with zero attached hydrogens (tertiary/aromatic N) is 3. The molecule has 2 aromatic carbocycles. The third-order valence-electron chi connectivity index (χ3n) is 4.02. The van der Waals surface area contributed by atoms with Gasteiger partial charge in [0.25, 0.3) is 0 Å². The van der Waals surface area contributed by atoms with E-state index < -0.39 is 5.97 Å².